The van der Waals surface area contributed by atoms with Crippen LogP contribution < -0.4 is 0 Å². The Morgan fingerprint density at radius 1 is 1.60 bits per heavy atom. The van der Waals surface area contributed by atoms with Gasteiger partial charge in [0, 0.05) is 6.20 Å². The molecule has 1 rings (SSSR count). The molecule has 1 N–H and O–H groups in total. The van der Waals surface area contributed by atoms with E-state index in [1.54, 1.807) is 6.20 Å². The second-order valence-corrected chi connectivity index (χ2v) is 2.56. The summed E-state index contributed by atoms with van der Waals surface area (Å²) in [6, 6.07) is 5.56. The van der Waals surface area contributed by atoms with E-state index in [2.05, 4.69) is 4.98 Å². The van der Waals surface area contributed by atoms with Crippen LogP contribution in [0.2, 0.25) is 0 Å². The molecule has 0 aliphatic rings. The molecule has 1 aromatic rings. The number of nitrogens with zero attached hydrogens (tertiary/aromatic N) is 1. The van der Waals surface area contributed by atoms with Crippen molar-refractivity contribution in [1.82, 2.24) is 4.98 Å². The van der Waals surface area contributed by atoms with E-state index < -0.39 is 0 Å². The highest BCUT2D eigenvalue weighted by atomic mass is 32.2. The highest BCUT2D eigenvalue weighted by molar-refractivity contribution is 8.13. The minimum absolute atomic E-state index is 0.514. The zero-order valence-electron chi connectivity index (χ0n) is 5.66. The third-order valence-electron chi connectivity index (χ3n) is 1.10. The molecule has 0 saturated heterocycles. The minimum Gasteiger partial charge on any atom is -0.292 e. The molecule has 0 amide bonds. The number of rotatable bonds is 1. The highest BCUT2D eigenvalue weighted by Gasteiger charge is 1.96. The fraction of sp³-hybridized carbons (Fsp3) is 0.143. The summed E-state index contributed by atoms with van der Waals surface area (Å²) in [7, 11) is 0. The Morgan fingerprint density at radius 3 is 2.90 bits per heavy atom. The number of hydrogen-bond acceptors (Lipinski definition) is 3. The van der Waals surface area contributed by atoms with Crippen molar-refractivity contribution in [3.8, 4) is 0 Å². The lowest BCUT2D eigenvalue weighted by molar-refractivity contribution is 1.29. The minimum atomic E-state index is 0.514. The number of thioether (sulfide) groups is 1. The zero-order chi connectivity index (χ0) is 7.40. The quantitative estimate of drug-likeness (QED) is 0.492. The average Bonchev–Trinajstić information content (AvgIpc) is 2.05. The van der Waals surface area contributed by atoms with Gasteiger partial charge in [0.15, 0.2) is 0 Å². The summed E-state index contributed by atoms with van der Waals surface area (Å²) in [4.78, 5) is 4.00. The topological polar surface area (TPSA) is 36.7 Å². The third-order valence-corrected chi connectivity index (χ3v) is 1.72. The summed E-state index contributed by atoms with van der Waals surface area (Å²) in [5, 5.41) is 7.89. The Labute approximate surface area is 64.2 Å². The largest absolute Gasteiger partial charge is 0.292 e. The van der Waals surface area contributed by atoms with Crippen molar-refractivity contribution in [2.75, 3.05) is 6.26 Å². The van der Waals surface area contributed by atoms with Crippen LogP contribution in [0.15, 0.2) is 24.4 Å². The summed E-state index contributed by atoms with van der Waals surface area (Å²) in [5.41, 5.74) is 0.745. The summed E-state index contributed by atoms with van der Waals surface area (Å²) < 4.78 is 0. The molecule has 0 bridgehead atoms. The van der Waals surface area contributed by atoms with Crippen molar-refractivity contribution in [2.24, 2.45) is 0 Å². The average molecular weight is 152 g/mol. The van der Waals surface area contributed by atoms with Gasteiger partial charge in [0.25, 0.3) is 0 Å². The molecule has 0 fully saturated rings. The zero-order valence-corrected chi connectivity index (χ0v) is 6.48. The molecule has 0 aromatic carbocycles. The van der Waals surface area contributed by atoms with E-state index in [9.17, 15) is 0 Å². The van der Waals surface area contributed by atoms with Crippen molar-refractivity contribution in [2.45, 2.75) is 0 Å². The number of nitrogens with one attached hydrogen (secondary N) is 1. The van der Waals surface area contributed by atoms with Gasteiger partial charge in [-0.1, -0.05) is 6.07 Å². The Kier molecular flexibility index (Phi) is 2.45. The van der Waals surface area contributed by atoms with Crippen LogP contribution in [0.1, 0.15) is 5.69 Å². The predicted molar refractivity (Wildman–Crippen MR) is 44.6 cm³/mol. The van der Waals surface area contributed by atoms with Gasteiger partial charge in [0.2, 0.25) is 0 Å². The first kappa shape index (κ1) is 7.28. The fourth-order valence-electron chi connectivity index (χ4n) is 0.602. The van der Waals surface area contributed by atoms with Crippen LogP contribution in [0.4, 0.5) is 0 Å². The molecule has 2 nitrogen and oxygen atoms in total. The second-order valence-electron chi connectivity index (χ2n) is 1.75. The molecular formula is C7H8N2S. The van der Waals surface area contributed by atoms with Gasteiger partial charge in [-0.3, -0.25) is 10.4 Å². The number of hydrogen-bond donors (Lipinski definition) is 1. The Morgan fingerprint density at radius 2 is 2.40 bits per heavy atom. The van der Waals surface area contributed by atoms with E-state index in [-0.39, 0.29) is 0 Å². The lowest BCUT2D eigenvalue weighted by atomic mass is 10.4. The molecule has 3 heteroatoms. The van der Waals surface area contributed by atoms with Crippen LogP contribution in [-0.2, 0) is 0 Å². The lowest BCUT2D eigenvalue weighted by Crippen LogP contribution is -1.94. The van der Waals surface area contributed by atoms with Gasteiger partial charge in [0.1, 0.15) is 5.04 Å². The van der Waals surface area contributed by atoms with Gasteiger partial charge >= 0.3 is 0 Å². The summed E-state index contributed by atoms with van der Waals surface area (Å²) in [6.45, 7) is 0. The summed E-state index contributed by atoms with van der Waals surface area (Å²) in [5.74, 6) is 0. The second kappa shape index (κ2) is 3.37. The molecule has 0 spiro atoms. The summed E-state index contributed by atoms with van der Waals surface area (Å²) in [6.07, 6.45) is 3.57. The molecule has 0 saturated carbocycles. The van der Waals surface area contributed by atoms with E-state index >= 15 is 0 Å². The molecular weight excluding hydrogens is 144 g/mol. The standard InChI is InChI=1S/C7H8N2S/c1-10-7(8)6-4-2-3-5-9-6/h2-5,8H,1H3. The van der Waals surface area contributed by atoms with E-state index in [1.807, 2.05) is 24.5 Å². The fourth-order valence-corrected chi connectivity index (χ4v) is 0.932. The van der Waals surface area contributed by atoms with Crippen molar-refractivity contribution in [1.29, 1.82) is 5.41 Å². The van der Waals surface area contributed by atoms with Crippen molar-refractivity contribution in [3.63, 3.8) is 0 Å². The third kappa shape index (κ3) is 1.57. The normalized spacial score (nSPS) is 9.30. The maximum absolute atomic E-state index is 7.38. The van der Waals surface area contributed by atoms with Gasteiger partial charge in [-0.05, 0) is 18.4 Å². The molecule has 0 aliphatic heterocycles. The molecule has 1 aromatic heterocycles. The highest BCUT2D eigenvalue weighted by Crippen LogP contribution is 2.04. The molecule has 52 valence electrons. The first-order chi connectivity index (χ1) is 4.84. The molecule has 0 aliphatic carbocycles. The molecule has 0 atom stereocenters. The van der Waals surface area contributed by atoms with E-state index in [4.69, 9.17) is 5.41 Å². The summed E-state index contributed by atoms with van der Waals surface area (Å²) >= 11 is 1.40. The van der Waals surface area contributed by atoms with Crippen molar-refractivity contribution >= 4 is 16.8 Å². The van der Waals surface area contributed by atoms with Gasteiger partial charge in [0.05, 0.1) is 5.69 Å². The molecule has 0 unspecified atom stereocenters. The Balaban J connectivity index is 2.85. The molecule has 10 heavy (non-hydrogen) atoms. The van der Waals surface area contributed by atoms with Crippen molar-refractivity contribution < 1.29 is 0 Å². The SMILES string of the molecule is CSC(=N)c1ccccn1. The van der Waals surface area contributed by atoms with Gasteiger partial charge in [-0.2, -0.15) is 0 Å². The van der Waals surface area contributed by atoms with E-state index in [0.717, 1.165) is 5.69 Å². The Bertz CT molecular complexity index is 220. The number of aromatic nitrogens is 1. The van der Waals surface area contributed by atoms with Gasteiger partial charge < -0.3 is 0 Å². The van der Waals surface area contributed by atoms with Crippen LogP contribution in [0.25, 0.3) is 0 Å². The monoisotopic (exact) mass is 152 g/mol. The van der Waals surface area contributed by atoms with Crippen LogP contribution >= 0.6 is 11.8 Å². The van der Waals surface area contributed by atoms with Crippen LogP contribution in [0.3, 0.4) is 0 Å². The Hall–Kier alpha value is -0.830. The van der Waals surface area contributed by atoms with Crippen LogP contribution in [0.5, 0.6) is 0 Å². The maximum atomic E-state index is 7.38. The first-order valence-corrected chi connectivity index (χ1v) is 4.11. The first-order valence-electron chi connectivity index (χ1n) is 2.88. The van der Waals surface area contributed by atoms with E-state index in [0.29, 0.717) is 5.04 Å². The number of pyridine rings is 1. The van der Waals surface area contributed by atoms with Crippen LogP contribution in [-0.4, -0.2) is 16.3 Å². The predicted octanol–water partition coefficient (Wildman–Crippen LogP) is 1.77. The maximum Gasteiger partial charge on any atom is 0.113 e. The van der Waals surface area contributed by atoms with Crippen LogP contribution in [0, 0.1) is 5.41 Å². The smallest absolute Gasteiger partial charge is 0.113 e. The molecule has 0 radical (unpaired) electrons. The van der Waals surface area contributed by atoms with Crippen molar-refractivity contribution in [3.05, 3.63) is 30.1 Å². The molecule has 1 heterocycles. The van der Waals surface area contributed by atoms with Gasteiger partial charge in [-0.15, -0.1) is 11.8 Å². The lowest BCUT2D eigenvalue weighted by Gasteiger charge is -1.95. The van der Waals surface area contributed by atoms with E-state index in [1.165, 1.54) is 11.8 Å². The van der Waals surface area contributed by atoms with Gasteiger partial charge in [-0.25, -0.2) is 0 Å².